The largest absolute Gasteiger partial charge is 0.478 e. The molecule has 0 amide bonds. The summed E-state index contributed by atoms with van der Waals surface area (Å²) >= 11 is 0. The molecule has 0 bridgehead atoms. The highest BCUT2D eigenvalue weighted by atomic mass is 19.4. The number of hydrogen-bond donors (Lipinski definition) is 2. The van der Waals surface area contributed by atoms with Gasteiger partial charge < -0.3 is 15.2 Å². The number of carboxylic acids is 1. The summed E-state index contributed by atoms with van der Waals surface area (Å²) in [6.45, 7) is 2.46. The fourth-order valence-corrected chi connectivity index (χ4v) is 2.42. The van der Waals surface area contributed by atoms with Crippen molar-refractivity contribution in [3.63, 3.8) is 0 Å². The summed E-state index contributed by atoms with van der Waals surface area (Å²) in [5.41, 5.74) is -1.61. The van der Waals surface area contributed by atoms with Crippen LogP contribution in [-0.2, 0) is 10.9 Å². The molecule has 7 heteroatoms. The highest BCUT2D eigenvalue weighted by Gasteiger charge is 2.35. The van der Waals surface area contributed by atoms with Gasteiger partial charge in [0.05, 0.1) is 17.2 Å². The van der Waals surface area contributed by atoms with E-state index in [-0.39, 0.29) is 17.8 Å². The highest BCUT2D eigenvalue weighted by molar-refractivity contribution is 5.90. The summed E-state index contributed by atoms with van der Waals surface area (Å²) in [7, 11) is 0. The fraction of sp³-hybridized carbons (Fsp3) is 0.500. The van der Waals surface area contributed by atoms with E-state index in [1.807, 2.05) is 6.92 Å². The number of rotatable bonds is 3. The number of nitrogens with one attached hydrogen (secondary N) is 1. The number of benzene rings is 1. The Bertz CT molecular complexity index is 531. The fourth-order valence-electron chi connectivity index (χ4n) is 2.42. The van der Waals surface area contributed by atoms with Gasteiger partial charge in [-0.2, -0.15) is 13.2 Å². The third-order valence-corrected chi connectivity index (χ3v) is 3.41. The van der Waals surface area contributed by atoms with Gasteiger partial charge in [-0.05, 0) is 38.0 Å². The van der Waals surface area contributed by atoms with Crippen molar-refractivity contribution in [2.45, 2.75) is 38.1 Å². The minimum absolute atomic E-state index is 0.0190. The van der Waals surface area contributed by atoms with E-state index in [1.165, 1.54) is 6.07 Å². The van der Waals surface area contributed by atoms with E-state index in [4.69, 9.17) is 9.84 Å². The SMILES string of the molecule is CC1CC(Nc2ccc(C(=O)O)c(C(F)(F)F)c2)CCO1. The zero-order valence-corrected chi connectivity index (χ0v) is 11.4. The van der Waals surface area contributed by atoms with E-state index in [0.717, 1.165) is 12.1 Å². The average molecular weight is 303 g/mol. The Balaban J connectivity index is 2.23. The molecule has 0 spiro atoms. The molecule has 2 atom stereocenters. The van der Waals surface area contributed by atoms with E-state index >= 15 is 0 Å². The molecule has 21 heavy (non-hydrogen) atoms. The Morgan fingerprint density at radius 3 is 2.71 bits per heavy atom. The maximum Gasteiger partial charge on any atom is 0.417 e. The number of carbonyl (C=O) groups is 1. The first-order valence-electron chi connectivity index (χ1n) is 6.60. The first-order chi connectivity index (χ1) is 9.77. The van der Waals surface area contributed by atoms with Gasteiger partial charge in [-0.15, -0.1) is 0 Å². The van der Waals surface area contributed by atoms with Crippen LogP contribution in [0.2, 0.25) is 0 Å². The van der Waals surface area contributed by atoms with Crippen molar-refractivity contribution in [1.82, 2.24) is 0 Å². The first-order valence-corrected chi connectivity index (χ1v) is 6.60. The Morgan fingerprint density at radius 1 is 1.43 bits per heavy atom. The lowest BCUT2D eigenvalue weighted by molar-refractivity contribution is -0.138. The number of aromatic carboxylic acids is 1. The second kappa shape index (κ2) is 5.93. The van der Waals surface area contributed by atoms with Crippen molar-refractivity contribution >= 4 is 11.7 Å². The predicted molar refractivity (Wildman–Crippen MR) is 70.5 cm³/mol. The van der Waals surface area contributed by atoms with Crippen LogP contribution in [0.3, 0.4) is 0 Å². The van der Waals surface area contributed by atoms with Crippen LogP contribution in [0, 0.1) is 0 Å². The lowest BCUT2D eigenvalue weighted by Crippen LogP contribution is -2.32. The summed E-state index contributed by atoms with van der Waals surface area (Å²) in [4.78, 5) is 10.9. The van der Waals surface area contributed by atoms with Gasteiger partial charge in [0.25, 0.3) is 0 Å². The molecule has 116 valence electrons. The molecule has 0 aromatic heterocycles. The molecule has 1 aromatic carbocycles. The zero-order chi connectivity index (χ0) is 15.6. The topological polar surface area (TPSA) is 58.6 Å². The molecular weight excluding hydrogens is 287 g/mol. The zero-order valence-electron chi connectivity index (χ0n) is 11.4. The quantitative estimate of drug-likeness (QED) is 0.898. The van der Waals surface area contributed by atoms with E-state index in [1.54, 1.807) is 0 Å². The van der Waals surface area contributed by atoms with Crippen LogP contribution in [0.15, 0.2) is 18.2 Å². The van der Waals surface area contributed by atoms with Gasteiger partial charge in [-0.1, -0.05) is 0 Å². The number of carboxylic acid groups (broad SMARTS) is 1. The molecule has 2 rings (SSSR count). The molecule has 1 aromatic rings. The molecule has 2 N–H and O–H groups in total. The van der Waals surface area contributed by atoms with Gasteiger partial charge in [0, 0.05) is 18.3 Å². The van der Waals surface area contributed by atoms with Gasteiger partial charge in [0.2, 0.25) is 0 Å². The monoisotopic (exact) mass is 303 g/mol. The molecule has 1 fully saturated rings. The van der Waals surface area contributed by atoms with Crippen molar-refractivity contribution < 1.29 is 27.8 Å². The van der Waals surface area contributed by atoms with Gasteiger partial charge in [0.1, 0.15) is 0 Å². The smallest absolute Gasteiger partial charge is 0.417 e. The van der Waals surface area contributed by atoms with Crippen LogP contribution in [0.4, 0.5) is 18.9 Å². The number of hydrogen-bond acceptors (Lipinski definition) is 3. The molecule has 0 saturated carbocycles. The van der Waals surface area contributed by atoms with E-state index in [0.29, 0.717) is 19.4 Å². The normalized spacial score (nSPS) is 22.9. The number of anilines is 1. The molecule has 2 unspecified atom stereocenters. The van der Waals surface area contributed by atoms with E-state index < -0.39 is 23.3 Å². The van der Waals surface area contributed by atoms with Crippen LogP contribution in [0.5, 0.6) is 0 Å². The number of halogens is 3. The Kier molecular flexibility index (Phi) is 4.41. The van der Waals surface area contributed by atoms with Crippen LogP contribution < -0.4 is 5.32 Å². The average Bonchev–Trinajstić information content (AvgIpc) is 2.37. The minimum Gasteiger partial charge on any atom is -0.478 e. The lowest BCUT2D eigenvalue weighted by Gasteiger charge is -2.29. The summed E-state index contributed by atoms with van der Waals surface area (Å²) in [5.74, 6) is -1.59. The Hall–Kier alpha value is -1.76. The molecule has 1 heterocycles. The maximum absolute atomic E-state index is 12.9. The summed E-state index contributed by atoms with van der Waals surface area (Å²) in [6, 6.07) is 3.21. The van der Waals surface area contributed by atoms with Crippen molar-refractivity contribution in [2.24, 2.45) is 0 Å². The summed E-state index contributed by atoms with van der Waals surface area (Å²) in [5, 5.41) is 11.9. The Morgan fingerprint density at radius 2 is 2.14 bits per heavy atom. The molecule has 1 saturated heterocycles. The predicted octanol–water partition coefficient (Wildman–Crippen LogP) is 3.38. The Labute approximate surface area is 119 Å². The summed E-state index contributed by atoms with van der Waals surface area (Å²) in [6.07, 6.45) is -3.25. The van der Waals surface area contributed by atoms with Crippen molar-refractivity contribution in [2.75, 3.05) is 11.9 Å². The summed E-state index contributed by atoms with van der Waals surface area (Å²) < 4.78 is 44.1. The second-order valence-corrected chi connectivity index (χ2v) is 5.11. The van der Waals surface area contributed by atoms with Crippen LogP contribution in [0.1, 0.15) is 35.7 Å². The van der Waals surface area contributed by atoms with E-state index in [9.17, 15) is 18.0 Å². The van der Waals surface area contributed by atoms with Crippen LogP contribution in [-0.4, -0.2) is 29.8 Å². The van der Waals surface area contributed by atoms with Crippen LogP contribution >= 0.6 is 0 Å². The van der Waals surface area contributed by atoms with Gasteiger partial charge >= 0.3 is 12.1 Å². The third kappa shape index (κ3) is 3.87. The van der Waals surface area contributed by atoms with Gasteiger partial charge in [0.15, 0.2) is 0 Å². The molecule has 0 aliphatic carbocycles. The molecule has 1 aliphatic rings. The lowest BCUT2D eigenvalue weighted by atomic mass is 10.0. The third-order valence-electron chi connectivity index (χ3n) is 3.41. The second-order valence-electron chi connectivity index (χ2n) is 5.11. The van der Waals surface area contributed by atoms with Crippen molar-refractivity contribution in [3.8, 4) is 0 Å². The minimum atomic E-state index is -4.70. The standard InChI is InChI=1S/C14H16F3NO3/c1-8-6-10(4-5-21-8)18-9-2-3-11(13(19)20)12(7-9)14(15,16)17/h2-3,7-8,10,18H,4-6H2,1H3,(H,19,20). The first kappa shape index (κ1) is 15.6. The molecule has 1 aliphatic heterocycles. The van der Waals surface area contributed by atoms with Crippen LogP contribution in [0.25, 0.3) is 0 Å². The van der Waals surface area contributed by atoms with E-state index in [2.05, 4.69) is 5.32 Å². The number of ether oxygens (including phenoxy) is 1. The van der Waals surface area contributed by atoms with Crippen molar-refractivity contribution in [1.29, 1.82) is 0 Å². The molecular formula is C14H16F3NO3. The van der Waals surface area contributed by atoms with Gasteiger partial charge in [-0.25, -0.2) is 4.79 Å². The molecule has 0 radical (unpaired) electrons. The maximum atomic E-state index is 12.9. The van der Waals surface area contributed by atoms with Crippen molar-refractivity contribution in [3.05, 3.63) is 29.3 Å². The molecule has 4 nitrogen and oxygen atoms in total. The highest BCUT2D eigenvalue weighted by Crippen LogP contribution is 2.34. The van der Waals surface area contributed by atoms with Gasteiger partial charge in [-0.3, -0.25) is 0 Å². The number of alkyl halides is 3.